The monoisotopic (exact) mass is 475 g/mol. The molecule has 0 aliphatic heterocycles. The molecule has 0 spiro atoms. The van der Waals surface area contributed by atoms with E-state index < -0.39 is 10.0 Å². The molecule has 1 aromatic heterocycles. The van der Waals surface area contributed by atoms with Gasteiger partial charge in [-0.15, -0.1) is 0 Å². The quantitative estimate of drug-likeness (QED) is 0.396. The summed E-state index contributed by atoms with van der Waals surface area (Å²) >= 11 is 0. The fourth-order valence-electron chi connectivity index (χ4n) is 3.44. The maximum absolute atomic E-state index is 13.0. The van der Waals surface area contributed by atoms with E-state index >= 15 is 0 Å². The van der Waals surface area contributed by atoms with Crippen molar-refractivity contribution in [1.82, 2.24) is 15.0 Å². The van der Waals surface area contributed by atoms with Gasteiger partial charge in [-0.3, -0.25) is 4.79 Å². The molecular weight excluding hydrogens is 450 g/mol. The summed E-state index contributed by atoms with van der Waals surface area (Å²) in [4.78, 5) is 17.3. The third-order valence-corrected chi connectivity index (χ3v) is 6.72. The van der Waals surface area contributed by atoms with Gasteiger partial charge in [-0.25, -0.2) is 18.1 Å². The minimum atomic E-state index is -3.33. The van der Waals surface area contributed by atoms with Crippen LogP contribution in [0, 0.1) is 6.92 Å². The summed E-state index contributed by atoms with van der Waals surface area (Å²) in [5.74, 6) is 0.652. The predicted octanol–water partition coefficient (Wildman–Crippen LogP) is 4.30. The number of aromatic nitrogens is 1. The lowest BCUT2D eigenvalue weighted by Gasteiger charge is -2.09. The Morgan fingerprint density at radius 2 is 1.62 bits per heavy atom. The Morgan fingerprint density at radius 1 is 0.941 bits per heavy atom. The summed E-state index contributed by atoms with van der Waals surface area (Å²) < 4.78 is 31.6. The smallest absolute Gasteiger partial charge is 0.252 e. The largest absolute Gasteiger partial charge is 0.436 e. The van der Waals surface area contributed by atoms with E-state index in [9.17, 15) is 13.2 Å². The van der Waals surface area contributed by atoms with E-state index in [1.807, 2.05) is 37.3 Å². The van der Waals surface area contributed by atoms with Gasteiger partial charge in [-0.05, 0) is 37.2 Å². The molecule has 1 amide bonds. The highest BCUT2D eigenvalue weighted by molar-refractivity contribution is 7.88. The normalized spacial score (nSPS) is 11.4. The molecule has 2 N–H and O–H groups in total. The summed E-state index contributed by atoms with van der Waals surface area (Å²) in [5, 5.41) is 2.91. The van der Waals surface area contributed by atoms with Crippen LogP contribution in [-0.4, -0.2) is 26.4 Å². The first-order valence-electron chi connectivity index (χ1n) is 10.7. The average Bonchev–Trinajstić information content (AvgIpc) is 3.34. The zero-order chi connectivity index (χ0) is 24.1. The van der Waals surface area contributed by atoms with Crippen LogP contribution in [0.15, 0.2) is 83.4 Å². The van der Waals surface area contributed by atoms with Gasteiger partial charge in [-0.1, -0.05) is 66.2 Å². The van der Waals surface area contributed by atoms with Crippen LogP contribution >= 0.6 is 0 Å². The molecule has 3 aromatic carbocycles. The van der Waals surface area contributed by atoms with E-state index in [0.29, 0.717) is 34.9 Å². The lowest BCUT2D eigenvalue weighted by molar-refractivity contribution is 0.0951. The highest BCUT2D eigenvalue weighted by Gasteiger charge is 2.17. The van der Waals surface area contributed by atoms with Gasteiger partial charge in [0.15, 0.2) is 5.76 Å². The Hall–Kier alpha value is -3.75. The number of rotatable bonds is 8. The van der Waals surface area contributed by atoms with Crippen LogP contribution in [0.25, 0.3) is 22.8 Å². The number of hydrogen-bond acceptors (Lipinski definition) is 5. The first-order valence-corrected chi connectivity index (χ1v) is 12.4. The zero-order valence-electron chi connectivity index (χ0n) is 18.9. The molecule has 0 saturated carbocycles. The number of carbonyl (C=O) groups is 1. The molecule has 1 heterocycles. The lowest BCUT2D eigenvalue weighted by atomic mass is 10.1. The highest BCUT2D eigenvalue weighted by atomic mass is 32.2. The molecule has 0 radical (unpaired) electrons. The number of aryl methyl sites for hydroxylation is 1. The van der Waals surface area contributed by atoms with E-state index in [1.54, 1.807) is 48.7 Å². The van der Waals surface area contributed by atoms with Gasteiger partial charge in [0.1, 0.15) is 0 Å². The molecule has 0 aliphatic rings. The Kier molecular flexibility index (Phi) is 6.90. The molecule has 0 fully saturated rings. The van der Waals surface area contributed by atoms with E-state index in [-0.39, 0.29) is 11.7 Å². The third-order valence-electron chi connectivity index (χ3n) is 5.39. The van der Waals surface area contributed by atoms with Crippen LogP contribution in [0.4, 0.5) is 0 Å². The number of benzene rings is 3. The number of nitrogens with zero attached hydrogens (tertiary/aromatic N) is 1. The van der Waals surface area contributed by atoms with Crippen LogP contribution in [-0.2, 0) is 22.3 Å². The van der Waals surface area contributed by atoms with Crippen LogP contribution in [0.5, 0.6) is 0 Å². The number of carbonyl (C=O) groups excluding carboxylic acids is 1. The zero-order valence-corrected chi connectivity index (χ0v) is 19.7. The van der Waals surface area contributed by atoms with Gasteiger partial charge < -0.3 is 9.73 Å². The molecule has 0 unspecified atom stereocenters. The number of sulfonamides is 1. The standard InChI is InChI=1S/C26H25N3O4S/c1-18-7-13-21(14-8-18)24-16-29-26(33-24)23-6-4-3-5-22(23)25(30)28-15-19-9-11-20(12-10-19)17-34(31,32)27-2/h3-14,16,27H,15,17H2,1-2H3,(H,28,30). The average molecular weight is 476 g/mol. The van der Waals surface area contributed by atoms with Gasteiger partial charge in [-0.2, -0.15) is 0 Å². The predicted molar refractivity (Wildman–Crippen MR) is 131 cm³/mol. The van der Waals surface area contributed by atoms with E-state index in [4.69, 9.17) is 4.42 Å². The van der Waals surface area contributed by atoms with E-state index in [2.05, 4.69) is 15.0 Å². The van der Waals surface area contributed by atoms with Gasteiger partial charge in [0.05, 0.1) is 17.5 Å². The second-order valence-corrected chi connectivity index (χ2v) is 9.83. The number of hydrogen-bond donors (Lipinski definition) is 2. The summed E-state index contributed by atoms with van der Waals surface area (Å²) in [6, 6.07) is 22.2. The van der Waals surface area contributed by atoms with E-state index in [1.165, 1.54) is 7.05 Å². The van der Waals surface area contributed by atoms with Crippen molar-refractivity contribution < 1.29 is 17.6 Å². The lowest BCUT2D eigenvalue weighted by Crippen LogP contribution is -2.23. The maximum atomic E-state index is 13.0. The second kappa shape index (κ2) is 10.0. The summed E-state index contributed by atoms with van der Waals surface area (Å²) in [6.45, 7) is 2.32. The maximum Gasteiger partial charge on any atom is 0.252 e. The summed E-state index contributed by atoms with van der Waals surface area (Å²) in [5.41, 5.74) is 4.65. The van der Waals surface area contributed by atoms with Gasteiger partial charge in [0, 0.05) is 17.7 Å². The molecule has 8 heteroatoms. The fourth-order valence-corrected chi connectivity index (χ4v) is 4.22. The van der Waals surface area contributed by atoms with Crippen molar-refractivity contribution in [3.8, 4) is 22.8 Å². The molecule has 4 rings (SSSR count). The number of nitrogens with one attached hydrogen (secondary N) is 2. The van der Waals surface area contributed by atoms with Crippen molar-refractivity contribution in [3.63, 3.8) is 0 Å². The molecule has 0 aliphatic carbocycles. The van der Waals surface area contributed by atoms with Crippen LogP contribution in [0.2, 0.25) is 0 Å². The van der Waals surface area contributed by atoms with E-state index in [0.717, 1.165) is 16.7 Å². The molecular formula is C26H25N3O4S. The second-order valence-electron chi connectivity index (χ2n) is 7.90. The van der Waals surface area contributed by atoms with Crippen molar-refractivity contribution in [2.24, 2.45) is 0 Å². The SMILES string of the molecule is CNS(=O)(=O)Cc1ccc(CNC(=O)c2ccccc2-c2ncc(-c3ccc(C)cc3)o2)cc1. The Labute approximate surface area is 198 Å². The summed E-state index contributed by atoms with van der Waals surface area (Å²) in [7, 11) is -1.94. The van der Waals surface area contributed by atoms with Crippen molar-refractivity contribution in [2.45, 2.75) is 19.2 Å². The molecule has 4 aromatic rings. The minimum Gasteiger partial charge on any atom is -0.436 e. The fraction of sp³-hybridized carbons (Fsp3) is 0.154. The van der Waals surface area contributed by atoms with Crippen LogP contribution in [0.3, 0.4) is 0 Å². The number of oxazole rings is 1. The van der Waals surface area contributed by atoms with Crippen LogP contribution < -0.4 is 10.0 Å². The van der Waals surface area contributed by atoms with Crippen molar-refractivity contribution in [3.05, 3.63) is 101 Å². The molecule has 0 saturated heterocycles. The summed E-state index contributed by atoms with van der Waals surface area (Å²) in [6.07, 6.45) is 1.66. The Morgan fingerprint density at radius 3 is 2.32 bits per heavy atom. The highest BCUT2D eigenvalue weighted by Crippen LogP contribution is 2.28. The molecule has 174 valence electrons. The Bertz CT molecular complexity index is 1390. The van der Waals surface area contributed by atoms with Crippen molar-refractivity contribution in [1.29, 1.82) is 0 Å². The first kappa shape index (κ1) is 23.4. The molecule has 34 heavy (non-hydrogen) atoms. The number of amides is 1. The van der Waals surface area contributed by atoms with Crippen LogP contribution in [0.1, 0.15) is 27.0 Å². The Balaban J connectivity index is 1.47. The van der Waals surface area contributed by atoms with Gasteiger partial charge >= 0.3 is 0 Å². The van der Waals surface area contributed by atoms with Crippen molar-refractivity contribution >= 4 is 15.9 Å². The topological polar surface area (TPSA) is 101 Å². The molecule has 0 bridgehead atoms. The van der Waals surface area contributed by atoms with Gasteiger partial charge in [0.25, 0.3) is 5.91 Å². The van der Waals surface area contributed by atoms with Crippen molar-refractivity contribution in [2.75, 3.05) is 7.05 Å². The molecule has 7 nitrogen and oxygen atoms in total. The first-order chi connectivity index (χ1) is 16.3. The van der Waals surface area contributed by atoms with Gasteiger partial charge in [0.2, 0.25) is 15.9 Å². The third kappa shape index (κ3) is 5.59. The molecule has 0 atom stereocenters. The minimum absolute atomic E-state index is 0.0930.